The summed E-state index contributed by atoms with van der Waals surface area (Å²) >= 11 is 0. The predicted molar refractivity (Wildman–Crippen MR) is 61.4 cm³/mol. The highest BCUT2D eigenvalue weighted by Gasteiger charge is 2.50. The molecule has 0 aliphatic heterocycles. The van der Waals surface area contributed by atoms with E-state index in [1.807, 2.05) is 6.92 Å². The van der Waals surface area contributed by atoms with Gasteiger partial charge >= 0.3 is 0 Å². The molecule has 1 aromatic heterocycles. The Hall–Kier alpha value is -2.09. The van der Waals surface area contributed by atoms with E-state index in [-0.39, 0.29) is 5.91 Å². The zero-order chi connectivity index (χ0) is 12.5. The fourth-order valence-electron chi connectivity index (χ4n) is 1.53. The monoisotopic (exact) mass is 231 g/mol. The Morgan fingerprint density at radius 3 is 2.82 bits per heavy atom. The van der Waals surface area contributed by atoms with Crippen molar-refractivity contribution in [3.05, 3.63) is 17.8 Å². The first-order chi connectivity index (χ1) is 8.11. The van der Waals surface area contributed by atoms with Gasteiger partial charge in [0.1, 0.15) is 5.41 Å². The average Bonchev–Trinajstić information content (AvgIpc) is 3.12. The number of rotatable bonds is 3. The summed E-state index contributed by atoms with van der Waals surface area (Å²) in [6, 6.07) is 3.79. The van der Waals surface area contributed by atoms with Crippen LogP contribution in [-0.2, 0) is 4.79 Å². The molecule has 0 radical (unpaired) electrons. The predicted octanol–water partition coefficient (Wildman–Crippen LogP) is 1.64. The number of methoxy groups -OCH3 is 1. The van der Waals surface area contributed by atoms with Gasteiger partial charge in [0.25, 0.3) is 0 Å². The molecule has 1 fully saturated rings. The maximum atomic E-state index is 11.8. The second-order valence-corrected chi connectivity index (χ2v) is 4.19. The zero-order valence-corrected chi connectivity index (χ0v) is 9.78. The van der Waals surface area contributed by atoms with Crippen molar-refractivity contribution in [2.45, 2.75) is 19.8 Å². The number of carbonyl (C=O) groups is 1. The lowest BCUT2D eigenvalue weighted by molar-refractivity contribution is -0.119. The molecule has 1 heterocycles. The van der Waals surface area contributed by atoms with Crippen LogP contribution in [0.25, 0.3) is 0 Å². The Morgan fingerprint density at radius 1 is 1.65 bits per heavy atom. The van der Waals surface area contributed by atoms with Crippen molar-refractivity contribution < 1.29 is 9.53 Å². The molecule has 0 unspecified atom stereocenters. The van der Waals surface area contributed by atoms with Crippen molar-refractivity contribution in [1.82, 2.24) is 4.98 Å². The van der Waals surface area contributed by atoms with Crippen molar-refractivity contribution in [1.29, 1.82) is 5.26 Å². The fourth-order valence-corrected chi connectivity index (χ4v) is 1.53. The molecular weight excluding hydrogens is 218 g/mol. The minimum absolute atomic E-state index is 0.241. The number of pyridine rings is 1. The maximum absolute atomic E-state index is 11.8. The number of carbonyl (C=O) groups excluding carboxylic acids is 1. The van der Waals surface area contributed by atoms with Gasteiger partial charge in [-0.3, -0.25) is 4.79 Å². The number of ether oxygens (including phenoxy) is 1. The molecule has 5 heteroatoms. The Bertz CT molecular complexity index is 501. The van der Waals surface area contributed by atoms with Gasteiger partial charge in [-0.05, 0) is 25.3 Å². The van der Waals surface area contributed by atoms with Gasteiger partial charge in [-0.2, -0.15) is 5.26 Å². The fraction of sp³-hybridized carbons (Fsp3) is 0.417. The highest BCUT2D eigenvalue weighted by Crippen LogP contribution is 2.45. The van der Waals surface area contributed by atoms with E-state index < -0.39 is 5.41 Å². The lowest BCUT2D eigenvalue weighted by atomic mass is 10.1. The van der Waals surface area contributed by atoms with Crippen LogP contribution in [0.4, 0.5) is 5.69 Å². The summed E-state index contributed by atoms with van der Waals surface area (Å²) in [5.74, 6) is 0.261. The van der Waals surface area contributed by atoms with Crippen LogP contribution in [0, 0.1) is 23.7 Å². The summed E-state index contributed by atoms with van der Waals surface area (Å²) in [4.78, 5) is 15.9. The summed E-state index contributed by atoms with van der Waals surface area (Å²) in [6.07, 6.45) is 2.81. The number of amides is 1. The Labute approximate surface area is 99.4 Å². The molecule has 1 amide bonds. The summed E-state index contributed by atoms with van der Waals surface area (Å²) in [5.41, 5.74) is 0.670. The number of anilines is 1. The van der Waals surface area contributed by atoms with Gasteiger partial charge < -0.3 is 10.1 Å². The molecule has 1 saturated carbocycles. The third-order valence-corrected chi connectivity index (χ3v) is 2.94. The van der Waals surface area contributed by atoms with Crippen LogP contribution in [0.15, 0.2) is 12.3 Å². The third-order valence-electron chi connectivity index (χ3n) is 2.94. The molecule has 17 heavy (non-hydrogen) atoms. The Kier molecular flexibility index (Phi) is 2.72. The van der Waals surface area contributed by atoms with Crippen molar-refractivity contribution >= 4 is 11.6 Å². The van der Waals surface area contributed by atoms with Crippen LogP contribution in [0.5, 0.6) is 5.88 Å². The molecule has 88 valence electrons. The van der Waals surface area contributed by atoms with E-state index in [1.165, 1.54) is 7.11 Å². The SMILES string of the molecule is COc1cc(C)c(NC(=O)C2(C#N)CC2)cn1. The van der Waals surface area contributed by atoms with Crippen LogP contribution in [-0.4, -0.2) is 18.0 Å². The normalized spacial score (nSPS) is 15.8. The number of nitrogens with one attached hydrogen (secondary N) is 1. The molecule has 1 N–H and O–H groups in total. The van der Waals surface area contributed by atoms with Crippen LogP contribution in [0.2, 0.25) is 0 Å². The molecule has 2 rings (SSSR count). The molecule has 1 aliphatic rings. The molecule has 1 aliphatic carbocycles. The topological polar surface area (TPSA) is 75.0 Å². The molecule has 0 spiro atoms. The van der Waals surface area contributed by atoms with Crippen LogP contribution >= 0.6 is 0 Å². The van der Waals surface area contributed by atoms with Gasteiger partial charge in [0, 0.05) is 6.07 Å². The van der Waals surface area contributed by atoms with E-state index >= 15 is 0 Å². The van der Waals surface area contributed by atoms with E-state index in [0.717, 1.165) is 5.56 Å². The van der Waals surface area contributed by atoms with Crippen molar-refractivity contribution in [3.8, 4) is 11.9 Å². The van der Waals surface area contributed by atoms with Gasteiger partial charge in [0.05, 0.1) is 25.1 Å². The Balaban J connectivity index is 2.15. The largest absolute Gasteiger partial charge is 0.481 e. The van der Waals surface area contributed by atoms with Gasteiger partial charge in [-0.1, -0.05) is 0 Å². The van der Waals surface area contributed by atoms with E-state index in [0.29, 0.717) is 24.4 Å². The minimum Gasteiger partial charge on any atom is -0.481 e. The standard InChI is InChI=1S/C12H13N3O2/c1-8-5-10(17-2)14-6-9(8)15-11(16)12(7-13)3-4-12/h5-6H,3-4H2,1-2H3,(H,15,16). The molecule has 0 bridgehead atoms. The quantitative estimate of drug-likeness (QED) is 0.858. The van der Waals surface area contributed by atoms with E-state index in [9.17, 15) is 4.79 Å². The highest BCUT2D eigenvalue weighted by molar-refractivity contribution is 5.99. The number of hydrogen-bond acceptors (Lipinski definition) is 4. The van der Waals surface area contributed by atoms with Gasteiger partial charge in [-0.15, -0.1) is 0 Å². The second kappa shape index (κ2) is 4.06. The van der Waals surface area contributed by atoms with Gasteiger partial charge in [0.15, 0.2) is 0 Å². The summed E-state index contributed by atoms with van der Waals surface area (Å²) in [5, 5.41) is 11.6. The van der Waals surface area contributed by atoms with E-state index in [2.05, 4.69) is 16.4 Å². The van der Waals surface area contributed by atoms with Crippen LogP contribution in [0.3, 0.4) is 0 Å². The third kappa shape index (κ3) is 2.07. The summed E-state index contributed by atoms with van der Waals surface area (Å²) < 4.78 is 4.98. The molecule has 1 aromatic rings. The molecule has 0 atom stereocenters. The van der Waals surface area contributed by atoms with Crippen LogP contribution in [0.1, 0.15) is 18.4 Å². The number of aromatic nitrogens is 1. The zero-order valence-electron chi connectivity index (χ0n) is 9.78. The molecular formula is C12H13N3O2. The number of aryl methyl sites for hydroxylation is 1. The maximum Gasteiger partial charge on any atom is 0.244 e. The smallest absolute Gasteiger partial charge is 0.244 e. The summed E-state index contributed by atoms with van der Waals surface area (Å²) in [6.45, 7) is 1.85. The number of nitrogens with zero attached hydrogens (tertiary/aromatic N) is 2. The first-order valence-electron chi connectivity index (χ1n) is 5.35. The Morgan fingerprint density at radius 2 is 2.35 bits per heavy atom. The molecule has 0 aromatic carbocycles. The van der Waals surface area contributed by atoms with Gasteiger partial charge in [0.2, 0.25) is 11.8 Å². The average molecular weight is 231 g/mol. The van der Waals surface area contributed by atoms with E-state index in [1.54, 1.807) is 12.3 Å². The van der Waals surface area contributed by atoms with Crippen molar-refractivity contribution in [3.63, 3.8) is 0 Å². The lowest BCUT2D eigenvalue weighted by Crippen LogP contribution is -2.23. The minimum atomic E-state index is -0.813. The van der Waals surface area contributed by atoms with Crippen molar-refractivity contribution in [2.24, 2.45) is 5.41 Å². The lowest BCUT2D eigenvalue weighted by Gasteiger charge is -2.10. The number of hydrogen-bond donors (Lipinski definition) is 1. The molecule has 5 nitrogen and oxygen atoms in total. The van der Waals surface area contributed by atoms with Crippen molar-refractivity contribution in [2.75, 3.05) is 12.4 Å². The van der Waals surface area contributed by atoms with Crippen LogP contribution < -0.4 is 10.1 Å². The highest BCUT2D eigenvalue weighted by atomic mass is 16.5. The van der Waals surface area contributed by atoms with Gasteiger partial charge in [-0.25, -0.2) is 4.98 Å². The summed E-state index contributed by atoms with van der Waals surface area (Å²) in [7, 11) is 1.54. The second-order valence-electron chi connectivity index (χ2n) is 4.19. The number of nitriles is 1. The van der Waals surface area contributed by atoms with E-state index in [4.69, 9.17) is 10.00 Å². The first-order valence-corrected chi connectivity index (χ1v) is 5.35. The first kappa shape index (κ1) is 11.4. The molecule has 0 saturated heterocycles.